The summed E-state index contributed by atoms with van der Waals surface area (Å²) < 4.78 is 9.63. The highest BCUT2D eigenvalue weighted by Crippen LogP contribution is 2.48. The number of hydrogen-bond acceptors (Lipinski definition) is 4. The monoisotopic (exact) mass is 816 g/mol. The van der Waals surface area contributed by atoms with Gasteiger partial charge in [0.2, 0.25) is 0 Å². The summed E-state index contributed by atoms with van der Waals surface area (Å²) in [6.45, 7) is 0. The summed E-state index contributed by atoms with van der Waals surface area (Å²) in [5, 5.41) is 15.2. The second-order valence-electron chi connectivity index (χ2n) is 15.9. The third-order valence-corrected chi connectivity index (χ3v) is 12.3. The van der Waals surface area contributed by atoms with Crippen LogP contribution in [0, 0.1) is 11.3 Å². The summed E-state index contributed by atoms with van der Waals surface area (Å²) >= 11 is 0. The van der Waals surface area contributed by atoms with E-state index in [0.29, 0.717) is 22.8 Å². The lowest BCUT2D eigenvalue weighted by Crippen LogP contribution is -2.07. The van der Waals surface area contributed by atoms with Crippen LogP contribution in [0.5, 0.6) is 0 Å². The molecule has 0 N–H and O–H groups in total. The molecule has 9 aromatic carbocycles. The lowest BCUT2D eigenvalue weighted by atomic mass is 9.91. The molecule has 64 heavy (non-hydrogen) atoms. The van der Waals surface area contributed by atoms with Gasteiger partial charge >= 0.3 is 0 Å². The van der Waals surface area contributed by atoms with E-state index in [-0.39, 0.29) is 0 Å². The summed E-state index contributed by atoms with van der Waals surface area (Å²) in [7, 11) is 0. The molecule has 0 fully saturated rings. The van der Waals surface area contributed by atoms with Crippen molar-refractivity contribution in [1.29, 1.82) is 5.26 Å². The summed E-state index contributed by atoms with van der Waals surface area (Å²) in [6.07, 6.45) is 0. The smallest absolute Gasteiger partial charge is 0.163 e. The van der Waals surface area contributed by atoms with E-state index in [1.165, 1.54) is 0 Å². The van der Waals surface area contributed by atoms with Gasteiger partial charge in [0.25, 0.3) is 0 Å². The van der Waals surface area contributed by atoms with E-state index in [1.807, 2.05) is 78.9 Å². The Hall–Kier alpha value is -8.85. The topological polar surface area (TPSA) is 67.6 Å². The largest absolute Gasteiger partial charge is 0.453 e. The Morgan fingerprint density at radius 2 is 0.859 bits per heavy atom. The molecule has 0 unspecified atom stereocenters. The van der Waals surface area contributed by atoms with Crippen LogP contribution in [0.25, 0.3) is 117 Å². The first-order valence-corrected chi connectivity index (χ1v) is 21.4. The number of aromatic nitrogens is 3. The molecule has 0 spiro atoms. The molecule has 5 nitrogen and oxygen atoms in total. The summed E-state index contributed by atoms with van der Waals surface area (Å²) in [4.78, 5) is 11.0. The Morgan fingerprint density at radius 1 is 0.391 bits per heavy atom. The van der Waals surface area contributed by atoms with Gasteiger partial charge in [-0.05, 0) is 34.4 Å². The van der Waals surface area contributed by atoms with E-state index in [1.54, 1.807) is 0 Å². The minimum Gasteiger partial charge on any atom is -0.453 e. The fourth-order valence-corrected chi connectivity index (χ4v) is 9.43. The van der Waals surface area contributed by atoms with Crippen LogP contribution in [0.3, 0.4) is 0 Å². The summed E-state index contributed by atoms with van der Waals surface area (Å²) in [6, 6.07) is 77.7. The number of fused-ring (bicyclic) bond motifs is 7. The summed E-state index contributed by atoms with van der Waals surface area (Å²) in [5.41, 5.74) is 14.6. The third kappa shape index (κ3) is 5.93. The zero-order valence-electron chi connectivity index (χ0n) is 34.5. The van der Waals surface area contributed by atoms with Crippen molar-refractivity contribution in [2.75, 3.05) is 0 Å². The quantitative estimate of drug-likeness (QED) is 0.161. The molecule has 298 valence electrons. The first kappa shape index (κ1) is 37.0. The molecule has 5 heteroatoms. The maximum atomic E-state index is 11.0. The molecule has 0 radical (unpaired) electrons. The molecule has 0 saturated heterocycles. The maximum absolute atomic E-state index is 11.0. The third-order valence-electron chi connectivity index (χ3n) is 12.3. The van der Waals surface area contributed by atoms with Crippen molar-refractivity contribution in [3.8, 4) is 79.0 Å². The van der Waals surface area contributed by atoms with Crippen molar-refractivity contribution in [2.45, 2.75) is 0 Å². The van der Waals surface area contributed by atoms with Gasteiger partial charge in [-0.1, -0.05) is 206 Å². The number of furan rings is 1. The van der Waals surface area contributed by atoms with Crippen molar-refractivity contribution < 1.29 is 4.42 Å². The Kier molecular flexibility index (Phi) is 8.81. The predicted octanol–water partition coefficient (Wildman–Crippen LogP) is 15.3. The molecule has 12 aromatic rings. The van der Waals surface area contributed by atoms with Crippen molar-refractivity contribution in [3.05, 3.63) is 224 Å². The predicted molar refractivity (Wildman–Crippen MR) is 261 cm³/mol. The lowest BCUT2D eigenvalue weighted by molar-refractivity contribution is 0.672. The standard InChI is InChI=1S/C59H36N4O/c60-37-50-53(41-25-12-4-13-26-41)61-59(62-54(50)42-27-14-5-15-28-42)52-43(38-19-6-1-7-20-38)33-34-44(39-21-8-2-9-22-39)55(52)63-51-32-17-16-29-46(51)47-35-36-49-48-31-18-30-45(40-23-10-3-11-24-40)57(48)64-58(49)56(47)63/h1-36H. The van der Waals surface area contributed by atoms with Crippen molar-refractivity contribution >= 4 is 43.7 Å². The highest BCUT2D eigenvalue weighted by molar-refractivity contribution is 6.23. The molecular formula is C59H36N4O. The van der Waals surface area contributed by atoms with Crippen molar-refractivity contribution in [3.63, 3.8) is 0 Å². The first-order chi connectivity index (χ1) is 31.7. The van der Waals surface area contributed by atoms with Crippen LogP contribution in [0.15, 0.2) is 223 Å². The van der Waals surface area contributed by atoms with Gasteiger partial charge in [0, 0.05) is 43.8 Å². The van der Waals surface area contributed by atoms with Crippen LogP contribution >= 0.6 is 0 Å². The number of nitrogens with zero attached hydrogens (tertiary/aromatic N) is 4. The van der Waals surface area contributed by atoms with E-state index in [9.17, 15) is 5.26 Å². The first-order valence-electron chi connectivity index (χ1n) is 21.4. The number of hydrogen-bond donors (Lipinski definition) is 0. The average molecular weight is 817 g/mol. The minimum atomic E-state index is 0.415. The Balaban J connectivity index is 1.30. The highest BCUT2D eigenvalue weighted by Gasteiger charge is 2.29. The maximum Gasteiger partial charge on any atom is 0.163 e. The van der Waals surface area contributed by atoms with E-state index in [4.69, 9.17) is 14.4 Å². The lowest BCUT2D eigenvalue weighted by Gasteiger charge is -2.22. The van der Waals surface area contributed by atoms with Gasteiger partial charge in [0.05, 0.1) is 33.7 Å². The Labute approximate surface area is 369 Å². The van der Waals surface area contributed by atoms with Gasteiger partial charge < -0.3 is 8.98 Å². The van der Waals surface area contributed by atoms with Crippen LogP contribution in [0.1, 0.15) is 5.56 Å². The molecule has 0 amide bonds. The second-order valence-corrected chi connectivity index (χ2v) is 15.9. The van der Waals surface area contributed by atoms with E-state index in [2.05, 4.69) is 150 Å². The Bertz CT molecular complexity index is 3700. The van der Waals surface area contributed by atoms with E-state index < -0.39 is 0 Å². The zero-order valence-corrected chi connectivity index (χ0v) is 34.5. The molecule has 0 atom stereocenters. The fourth-order valence-electron chi connectivity index (χ4n) is 9.43. The van der Waals surface area contributed by atoms with E-state index >= 15 is 0 Å². The molecule has 0 bridgehead atoms. The normalized spacial score (nSPS) is 11.4. The van der Waals surface area contributed by atoms with Gasteiger partial charge in [0.15, 0.2) is 11.4 Å². The van der Waals surface area contributed by atoms with Gasteiger partial charge in [-0.3, -0.25) is 0 Å². The Morgan fingerprint density at radius 3 is 1.45 bits per heavy atom. The molecule has 0 aliphatic carbocycles. The molecule has 12 rings (SSSR count). The van der Waals surface area contributed by atoms with Gasteiger partial charge in [-0.2, -0.15) is 5.26 Å². The number of rotatable bonds is 7. The van der Waals surface area contributed by atoms with Gasteiger partial charge in [-0.15, -0.1) is 0 Å². The zero-order chi connectivity index (χ0) is 42.6. The van der Waals surface area contributed by atoms with Gasteiger partial charge in [-0.25, -0.2) is 9.97 Å². The van der Waals surface area contributed by atoms with Crippen LogP contribution in [0.2, 0.25) is 0 Å². The fraction of sp³-hybridized carbons (Fsp3) is 0. The molecule has 0 aliphatic heterocycles. The molecule has 3 aromatic heterocycles. The molecule has 0 aliphatic rings. The number of para-hydroxylation sites is 2. The van der Waals surface area contributed by atoms with Crippen LogP contribution in [-0.2, 0) is 0 Å². The highest BCUT2D eigenvalue weighted by atomic mass is 16.3. The molecule has 0 saturated carbocycles. The SMILES string of the molecule is N#Cc1c(-c2ccccc2)nc(-c2c(-c3ccccc3)ccc(-c3ccccc3)c2-n2c3ccccc3c3ccc4c5cccc(-c6ccccc6)c5oc4c32)nc1-c1ccccc1. The average Bonchev–Trinajstić information content (AvgIpc) is 3.93. The van der Waals surface area contributed by atoms with E-state index in [0.717, 1.165) is 99.5 Å². The van der Waals surface area contributed by atoms with Crippen LogP contribution in [-0.4, -0.2) is 14.5 Å². The number of nitriles is 1. The van der Waals surface area contributed by atoms with Crippen molar-refractivity contribution in [1.82, 2.24) is 14.5 Å². The van der Waals surface area contributed by atoms with Gasteiger partial charge in [0.1, 0.15) is 17.2 Å². The molecular weight excluding hydrogens is 781 g/mol. The number of benzene rings is 9. The minimum absolute atomic E-state index is 0.415. The molecule has 3 heterocycles. The summed E-state index contributed by atoms with van der Waals surface area (Å²) in [5.74, 6) is 0.498. The van der Waals surface area contributed by atoms with Crippen LogP contribution < -0.4 is 0 Å². The van der Waals surface area contributed by atoms with Crippen LogP contribution in [0.4, 0.5) is 0 Å². The second kappa shape index (κ2) is 15.3. The van der Waals surface area contributed by atoms with Crippen molar-refractivity contribution in [2.24, 2.45) is 0 Å².